The second-order valence-electron chi connectivity index (χ2n) is 3.43. The lowest BCUT2D eigenvalue weighted by Gasteiger charge is -2.01. The van der Waals surface area contributed by atoms with Crippen molar-refractivity contribution >= 4 is 6.47 Å². The molecule has 88 valence electrons. The van der Waals surface area contributed by atoms with Gasteiger partial charge in [0.1, 0.15) is 5.75 Å². The highest BCUT2D eigenvalue weighted by Gasteiger charge is 1.95. The highest BCUT2D eigenvalue weighted by molar-refractivity contribution is 5.32. The molecule has 0 spiro atoms. The molecule has 0 saturated heterocycles. The fourth-order valence-corrected chi connectivity index (χ4v) is 1.45. The molecule has 17 heavy (non-hydrogen) atoms. The van der Waals surface area contributed by atoms with Crippen LogP contribution in [0.3, 0.4) is 0 Å². The van der Waals surface area contributed by atoms with E-state index in [2.05, 4.69) is 12.1 Å². The number of carboxylic acid groups (broad SMARTS) is 1. The van der Waals surface area contributed by atoms with Gasteiger partial charge in [-0.25, -0.2) is 0 Å². The van der Waals surface area contributed by atoms with E-state index in [4.69, 9.17) is 15.0 Å². The van der Waals surface area contributed by atoms with Gasteiger partial charge in [-0.1, -0.05) is 42.5 Å². The van der Waals surface area contributed by atoms with Gasteiger partial charge in [-0.15, -0.1) is 0 Å². The Morgan fingerprint density at radius 3 is 1.88 bits per heavy atom. The Balaban J connectivity index is 0.000000437. The molecule has 3 heteroatoms. The first kappa shape index (κ1) is 12.8. The third-order valence-corrected chi connectivity index (χ3v) is 2.19. The molecule has 0 radical (unpaired) electrons. The van der Waals surface area contributed by atoms with Crippen LogP contribution in [0.25, 0.3) is 0 Å². The lowest BCUT2D eigenvalue weighted by atomic mass is 10.1. The molecular formula is C14H14O3. The van der Waals surface area contributed by atoms with Gasteiger partial charge in [0.15, 0.2) is 0 Å². The summed E-state index contributed by atoms with van der Waals surface area (Å²) in [6.45, 7) is -0.250. The lowest BCUT2D eigenvalue weighted by molar-refractivity contribution is -0.122. The van der Waals surface area contributed by atoms with Crippen LogP contribution in [0.5, 0.6) is 5.75 Å². The summed E-state index contributed by atoms with van der Waals surface area (Å²) in [4.78, 5) is 8.36. The normalized spacial score (nSPS) is 8.94. The molecule has 0 atom stereocenters. The van der Waals surface area contributed by atoms with E-state index in [0.29, 0.717) is 5.75 Å². The minimum Gasteiger partial charge on any atom is -0.508 e. The van der Waals surface area contributed by atoms with Crippen molar-refractivity contribution in [3.05, 3.63) is 65.7 Å². The molecule has 0 aliphatic rings. The molecule has 0 aromatic heterocycles. The number of phenols is 1. The van der Waals surface area contributed by atoms with Crippen molar-refractivity contribution in [1.29, 1.82) is 0 Å². The number of carbonyl (C=O) groups is 1. The summed E-state index contributed by atoms with van der Waals surface area (Å²) in [7, 11) is 0. The predicted molar refractivity (Wildman–Crippen MR) is 66.0 cm³/mol. The molecule has 2 rings (SSSR count). The predicted octanol–water partition coefficient (Wildman–Crippen LogP) is 2.68. The monoisotopic (exact) mass is 230 g/mol. The fraction of sp³-hybridized carbons (Fsp3) is 0.0714. The van der Waals surface area contributed by atoms with Gasteiger partial charge >= 0.3 is 0 Å². The minimum absolute atomic E-state index is 0.250. The van der Waals surface area contributed by atoms with Gasteiger partial charge in [-0.3, -0.25) is 4.79 Å². The summed E-state index contributed by atoms with van der Waals surface area (Å²) in [5.74, 6) is 0.321. The highest BCUT2D eigenvalue weighted by Crippen LogP contribution is 2.13. The van der Waals surface area contributed by atoms with Crippen LogP contribution in [0, 0.1) is 0 Å². The first-order valence-corrected chi connectivity index (χ1v) is 5.16. The molecule has 2 N–H and O–H groups in total. The summed E-state index contributed by atoms with van der Waals surface area (Å²) in [6, 6.07) is 17.6. The third-order valence-electron chi connectivity index (χ3n) is 2.19. The van der Waals surface area contributed by atoms with E-state index in [1.165, 1.54) is 11.1 Å². The van der Waals surface area contributed by atoms with Crippen molar-refractivity contribution in [2.75, 3.05) is 0 Å². The number of rotatable bonds is 2. The zero-order chi connectivity index (χ0) is 12.5. The molecule has 3 nitrogen and oxygen atoms in total. The van der Waals surface area contributed by atoms with Crippen LogP contribution >= 0.6 is 0 Å². The van der Waals surface area contributed by atoms with Gasteiger partial charge in [0.2, 0.25) is 0 Å². The van der Waals surface area contributed by atoms with Gasteiger partial charge in [0, 0.05) is 0 Å². The maximum Gasteiger partial charge on any atom is 0.290 e. The van der Waals surface area contributed by atoms with Gasteiger partial charge in [-0.2, -0.15) is 0 Å². The van der Waals surface area contributed by atoms with E-state index in [1.54, 1.807) is 12.1 Å². The molecule has 2 aromatic carbocycles. The average molecular weight is 230 g/mol. The summed E-state index contributed by atoms with van der Waals surface area (Å²) in [5, 5.41) is 16.0. The standard InChI is InChI=1S/C13H12O.CH2O2/c14-13-8-6-12(7-9-13)10-11-4-2-1-3-5-11;2-1-3/h1-9,14H,10H2;1H,(H,2,3). The van der Waals surface area contributed by atoms with Crippen LogP contribution in [0.2, 0.25) is 0 Å². The number of hydrogen-bond acceptors (Lipinski definition) is 2. The van der Waals surface area contributed by atoms with Crippen LogP contribution in [0.15, 0.2) is 54.6 Å². The Morgan fingerprint density at radius 2 is 1.35 bits per heavy atom. The minimum atomic E-state index is -0.250. The molecule has 0 heterocycles. The zero-order valence-electron chi connectivity index (χ0n) is 9.28. The van der Waals surface area contributed by atoms with Gasteiger partial charge in [0.25, 0.3) is 6.47 Å². The lowest BCUT2D eigenvalue weighted by Crippen LogP contribution is -1.86. The number of phenolic OH excluding ortho intramolecular Hbond substituents is 1. The van der Waals surface area contributed by atoms with Gasteiger partial charge in [0.05, 0.1) is 0 Å². The Bertz CT molecular complexity index is 435. The Labute approximate surface area is 100.0 Å². The molecular weight excluding hydrogens is 216 g/mol. The van der Waals surface area contributed by atoms with Crippen molar-refractivity contribution in [2.24, 2.45) is 0 Å². The van der Waals surface area contributed by atoms with E-state index in [0.717, 1.165) is 6.42 Å². The van der Waals surface area contributed by atoms with Crippen molar-refractivity contribution < 1.29 is 15.0 Å². The van der Waals surface area contributed by atoms with E-state index < -0.39 is 0 Å². The topological polar surface area (TPSA) is 57.5 Å². The van der Waals surface area contributed by atoms with Crippen molar-refractivity contribution in [3.8, 4) is 5.75 Å². The molecule has 2 aromatic rings. The summed E-state index contributed by atoms with van der Waals surface area (Å²) in [5.41, 5.74) is 2.51. The first-order chi connectivity index (χ1) is 8.26. The fourth-order valence-electron chi connectivity index (χ4n) is 1.45. The summed E-state index contributed by atoms with van der Waals surface area (Å²) >= 11 is 0. The molecule has 0 bridgehead atoms. The number of aromatic hydroxyl groups is 1. The average Bonchev–Trinajstić information content (AvgIpc) is 2.35. The molecule has 0 unspecified atom stereocenters. The second-order valence-corrected chi connectivity index (χ2v) is 3.43. The SMILES string of the molecule is O=CO.Oc1ccc(Cc2ccccc2)cc1. The second kappa shape index (κ2) is 7.06. The maximum absolute atomic E-state index is 9.12. The largest absolute Gasteiger partial charge is 0.508 e. The molecule has 0 saturated carbocycles. The maximum atomic E-state index is 9.12. The molecule has 0 fully saturated rings. The van der Waals surface area contributed by atoms with Crippen LogP contribution in [0.1, 0.15) is 11.1 Å². The molecule has 0 aliphatic heterocycles. The van der Waals surface area contributed by atoms with Crippen LogP contribution < -0.4 is 0 Å². The number of hydrogen-bond donors (Lipinski definition) is 2. The van der Waals surface area contributed by atoms with E-state index >= 15 is 0 Å². The third kappa shape index (κ3) is 4.84. The Morgan fingerprint density at radius 1 is 0.882 bits per heavy atom. The van der Waals surface area contributed by atoms with Crippen LogP contribution in [-0.4, -0.2) is 16.7 Å². The first-order valence-electron chi connectivity index (χ1n) is 5.16. The smallest absolute Gasteiger partial charge is 0.290 e. The van der Waals surface area contributed by atoms with E-state index in [1.807, 2.05) is 30.3 Å². The van der Waals surface area contributed by atoms with Crippen LogP contribution in [-0.2, 0) is 11.2 Å². The number of benzene rings is 2. The molecule has 0 aliphatic carbocycles. The summed E-state index contributed by atoms with van der Waals surface area (Å²) in [6.07, 6.45) is 0.918. The summed E-state index contributed by atoms with van der Waals surface area (Å²) < 4.78 is 0. The van der Waals surface area contributed by atoms with Crippen LogP contribution in [0.4, 0.5) is 0 Å². The quantitative estimate of drug-likeness (QED) is 0.780. The van der Waals surface area contributed by atoms with Crippen molar-refractivity contribution in [1.82, 2.24) is 0 Å². The van der Waals surface area contributed by atoms with Gasteiger partial charge < -0.3 is 10.2 Å². The highest BCUT2D eigenvalue weighted by atomic mass is 16.3. The van der Waals surface area contributed by atoms with Crippen molar-refractivity contribution in [3.63, 3.8) is 0 Å². The molecule has 0 amide bonds. The Kier molecular flexibility index (Phi) is 5.31. The zero-order valence-corrected chi connectivity index (χ0v) is 9.28. The van der Waals surface area contributed by atoms with E-state index in [9.17, 15) is 0 Å². The van der Waals surface area contributed by atoms with Gasteiger partial charge in [-0.05, 0) is 29.7 Å². The van der Waals surface area contributed by atoms with E-state index in [-0.39, 0.29) is 6.47 Å². The van der Waals surface area contributed by atoms with Crippen molar-refractivity contribution in [2.45, 2.75) is 6.42 Å². The Hall–Kier alpha value is -2.29.